The fourth-order valence-corrected chi connectivity index (χ4v) is 2.68. The van der Waals surface area contributed by atoms with Crippen LogP contribution in [0, 0.1) is 0 Å². The molecule has 19 nitrogen and oxygen atoms in total. The lowest BCUT2D eigenvalue weighted by Crippen LogP contribution is -2.36. The number of anilines is 1. The van der Waals surface area contributed by atoms with Gasteiger partial charge >= 0.3 is 5.69 Å². The van der Waals surface area contributed by atoms with Crippen molar-refractivity contribution in [3.05, 3.63) is 22.7 Å². The van der Waals surface area contributed by atoms with Crippen LogP contribution in [0.4, 0.5) is 5.82 Å². The number of nitrogens with one attached hydrogen (secondary N) is 1. The van der Waals surface area contributed by atoms with E-state index in [-0.39, 0.29) is 26.4 Å². The van der Waals surface area contributed by atoms with E-state index in [4.69, 9.17) is 26.2 Å². The molecule has 1 heterocycles. The highest BCUT2D eigenvalue weighted by Crippen LogP contribution is 2.42. The van der Waals surface area contributed by atoms with Crippen molar-refractivity contribution in [3.63, 3.8) is 0 Å². The molecule has 0 radical (unpaired) electrons. The maximum Gasteiger partial charge on any atom is 0.346 e. The number of aliphatic hydroxyl groups is 4. The van der Waals surface area contributed by atoms with Crippen molar-refractivity contribution in [1.82, 2.24) is 9.97 Å². The van der Waals surface area contributed by atoms with E-state index in [2.05, 4.69) is 98.9 Å². The van der Waals surface area contributed by atoms with E-state index >= 15 is 0 Å². The standard InChI is InChI=1S/4C5H14NO.C4H5N3O.H4O7P2/c4*1-6(2,3)4-5-7;5-3-1-2-6-4(8)7-3;1-8(2,3)7-9(4,5)6/h4*7H,4-5H2,1-3H3;1-2H,(H3,5,6,7,8);(H2,1,2,3)(H2,4,5,6)/q4*+1;;/p-4. The van der Waals surface area contributed by atoms with Crippen LogP contribution in [0.25, 0.3) is 0 Å². The van der Waals surface area contributed by atoms with Crippen molar-refractivity contribution in [2.75, 3.05) is 143 Å². The van der Waals surface area contributed by atoms with E-state index in [0.717, 1.165) is 44.1 Å². The summed E-state index contributed by atoms with van der Waals surface area (Å²) in [5, 5.41) is 33.5. The number of likely N-dealkylation sites (N-methyl/N-ethyl adjacent to an activating group) is 4. The normalized spacial score (nSPS) is 11.8. The van der Waals surface area contributed by atoms with E-state index in [9.17, 15) is 33.5 Å². The summed E-state index contributed by atoms with van der Waals surface area (Å²) in [7, 11) is 13.3. The Labute approximate surface area is 268 Å². The first-order valence-electron chi connectivity index (χ1n) is 13.5. The van der Waals surface area contributed by atoms with Gasteiger partial charge in [-0.2, -0.15) is 0 Å². The van der Waals surface area contributed by atoms with Crippen LogP contribution >= 0.6 is 15.6 Å². The number of H-pyrrole nitrogens is 1. The van der Waals surface area contributed by atoms with Crippen molar-refractivity contribution in [3.8, 4) is 0 Å². The molecule has 0 aliphatic heterocycles. The lowest BCUT2D eigenvalue weighted by Gasteiger charge is -2.39. The van der Waals surface area contributed by atoms with Crippen LogP contribution in [0.5, 0.6) is 0 Å². The maximum atomic E-state index is 10.2. The molecule has 0 aliphatic rings. The van der Waals surface area contributed by atoms with Gasteiger partial charge in [0.15, 0.2) is 0 Å². The first-order chi connectivity index (χ1) is 19.7. The second kappa shape index (κ2) is 25.7. The molecule has 0 saturated heterocycles. The molecule has 1 aromatic heterocycles. The quantitative estimate of drug-likeness (QED) is 0.0982. The zero-order chi connectivity index (χ0) is 37.3. The monoisotopic (exact) mass is 701 g/mol. The fraction of sp³-hybridized carbons (Fsp3) is 0.833. The number of nitrogens with two attached hydrogens (primary N) is 1. The molecule has 0 bridgehead atoms. The summed E-state index contributed by atoms with van der Waals surface area (Å²) >= 11 is 0. The lowest BCUT2D eigenvalue weighted by molar-refractivity contribution is -0.870. The Morgan fingerprint density at radius 3 is 0.978 bits per heavy atom. The Kier molecular flexibility index (Phi) is 30.3. The van der Waals surface area contributed by atoms with E-state index in [1.165, 1.54) is 12.3 Å². The van der Waals surface area contributed by atoms with Gasteiger partial charge in [-0.25, -0.2) is 9.78 Å². The van der Waals surface area contributed by atoms with E-state index in [0.29, 0.717) is 5.82 Å². The number of quaternary nitrogens is 4. The highest BCUT2D eigenvalue weighted by atomic mass is 31.3. The van der Waals surface area contributed by atoms with Crippen molar-refractivity contribution >= 4 is 21.5 Å². The van der Waals surface area contributed by atoms with Crippen LogP contribution in [0.2, 0.25) is 0 Å². The lowest BCUT2D eigenvalue weighted by atomic mass is 10.5. The number of aliphatic hydroxyl groups excluding tert-OH is 4. The highest BCUT2D eigenvalue weighted by molar-refractivity contribution is 7.57. The summed E-state index contributed by atoms with van der Waals surface area (Å²) in [6, 6.07) is 1.52. The predicted molar refractivity (Wildman–Crippen MR) is 166 cm³/mol. The zero-order valence-electron chi connectivity index (χ0n) is 29.1. The minimum Gasteiger partial charge on any atom is -0.790 e. The van der Waals surface area contributed by atoms with E-state index < -0.39 is 21.3 Å². The average molecular weight is 702 g/mol. The van der Waals surface area contributed by atoms with Crippen LogP contribution in [0.15, 0.2) is 17.1 Å². The molecule has 0 fully saturated rings. The first-order valence-corrected chi connectivity index (χ1v) is 16.4. The van der Waals surface area contributed by atoms with Crippen LogP contribution in [0.3, 0.4) is 0 Å². The van der Waals surface area contributed by atoms with Crippen LogP contribution in [-0.2, 0) is 13.4 Å². The summed E-state index contributed by atoms with van der Waals surface area (Å²) in [6.07, 6.45) is 1.36. The fourth-order valence-electron chi connectivity index (χ4n) is 1.71. The summed E-state index contributed by atoms with van der Waals surface area (Å²) in [4.78, 5) is 53.2. The summed E-state index contributed by atoms with van der Waals surface area (Å²) in [5.41, 5.74) is 4.75. The number of aromatic amines is 1. The molecule has 0 atom stereocenters. The molecule has 1 rings (SSSR count). The van der Waals surface area contributed by atoms with Gasteiger partial charge in [0.05, 0.1) is 127 Å². The molecule has 0 saturated carbocycles. The number of nitrogens with zero attached hydrogens (tertiary/aromatic N) is 5. The Bertz CT molecular complexity index is 895. The third-order valence-corrected chi connectivity index (χ3v) is 5.58. The Balaban J connectivity index is -0.000000143. The molecule has 0 amide bonds. The Morgan fingerprint density at radius 1 is 0.667 bits per heavy atom. The molecule has 1 aromatic rings. The predicted octanol–water partition coefficient (Wildman–Crippen LogP) is -5.25. The Morgan fingerprint density at radius 2 is 0.911 bits per heavy atom. The van der Waals surface area contributed by atoms with Gasteiger partial charge in [-0.1, -0.05) is 0 Å². The number of aromatic nitrogens is 2. The molecule has 274 valence electrons. The first kappa shape index (κ1) is 53.1. The molecule has 0 aromatic carbocycles. The van der Waals surface area contributed by atoms with Crippen LogP contribution in [0.1, 0.15) is 0 Å². The zero-order valence-corrected chi connectivity index (χ0v) is 30.9. The van der Waals surface area contributed by atoms with Gasteiger partial charge in [0, 0.05) is 6.20 Å². The molecule has 21 heteroatoms. The van der Waals surface area contributed by atoms with Gasteiger partial charge in [-0.15, -0.1) is 0 Å². The van der Waals surface area contributed by atoms with Crippen molar-refractivity contribution in [2.24, 2.45) is 0 Å². The molecule has 0 unspecified atom stereocenters. The highest BCUT2D eigenvalue weighted by Gasteiger charge is 2.04. The molecular formula is C24H61N7O12P2. The van der Waals surface area contributed by atoms with Gasteiger partial charge < -0.3 is 77.1 Å². The maximum absolute atomic E-state index is 10.2. The number of hydrogen-bond acceptors (Lipinski definition) is 14. The average Bonchev–Trinajstić information content (AvgIpc) is 2.69. The molecular weight excluding hydrogens is 640 g/mol. The molecule has 45 heavy (non-hydrogen) atoms. The smallest absolute Gasteiger partial charge is 0.346 e. The number of rotatable bonds is 10. The van der Waals surface area contributed by atoms with Crippen LogP contribution < -0.4 is 31.0 Å². The van der Waals surface area contributed by atoms with Gasteiger partial charge in [0.25, 0.3) is 0 Å². The van der Waals surface area contributed by atoms with Gasteiger partial charge in [-0.3, -0.25) is 4.98 Å². The molecule has 0 aliphatic carbocycles. The molecule has 0 spiro atoms. The number of phosphoric acid groups is 2. The van der Waals surface area contributed by atoms with Crippen molar-refractivity contribution in [2.45, 2.75) is 0 Å². The SMILES string of the molecule is C[N+](C)(C)CCO.C[N+](C)(C)CCO.C[N+](C)(C)CCO.C[N+](C)(C)CCO.Nc1ccnc(=O)[nH]1.O=P([O-])([O-])OP(=O)([O-])[O-]. The second-order valence-corrected chi connectivity index (χ2v) is 15.7. The largest absolute Gasteiger partial charge is 0.790 e. The van der Waals surface area contributed by atoms with Gasteiger partial charge in [0.1, 0.15) is 32.0 Å². The third kappa shape index (κ3) is 75.0. The summed E-state index contributed by atoms with van der Waals surface area (Å²) in [5.74, 6) is 0.338. The van der Waals surface area contributed by atoms with Crippen molar-refractivity contribution in [1.29, 1.82) is 0 Å². The summed E-state index contributed by atoms with van der Waals surface area (Å²) in [6.45, 7) is 4.46. The molecule has 7 N–H and O–H groups in total. The van der Waals surface area contributed by atoms with Gasteiger partial charge in [0.2, 0.25) is 0 Å². The second-order valence-electron chi connectivity index (χ2n) is 13.3. The van der Waals surface area contributed by atoms with Crippen molar-refractivity contribution < 1.29 is 71.4 Å². The number of nitrogen functional groups attached to an aromatic ring is 1. The third-order valence-electron chi connectivity index (χ3n) is 3.98. The summed E-state index contributed by atoms with van der Waals surface area (Å²) < 4.78 is 24.5. The minimum absolute atomic E-state index is 0.281. The Hall–Kier alpha value is -1.38. The van der Waals surface area contributed by atoms with E-state index in [1.807, 2.05) is 0 Å². The van der Waals surface area contributed by atoms with E-state index in [1.54, 1.807) is 0 Å². The minimum atomic E-state index is -5.68. The topological polar surface area (TPSA) is 288 Å². The van der Waals surface area contributed by atoms with Gasteiger partial charge in [-0.05, 0) is 6.07 Å². The van der Waals surface area contributed by atoms with Crippen LogP contribution in [-0.4, -0.2) is 186 Å². The number of hydrogen-bond donors (Lipinski definition) is 6.